The van der Waals surface area contributed by atoms with Crippen LogP contribution in [-0.4, -0.2) is 24.7 Å². The van der Waals surface area contributed by atoms with E-state index in [0.717, 1.165) is 33.5 Å². The Balaban J connectivity index is 1.52. The maximum atomic E-state index is 4.53. The van der Waals surface area contributed by atoms with E-state index in [1.165, 1.54) is 18.2 Å². The first-order valence-corrected chi connectivity index (χ1v) is 9.43. The molecule has 6 heteroatoms. The Hall–Kier alpha value is -2.60. The Morgan fingerprint density at radius 3 is 2.80 bits per heavy atom. The summed E-state index contributed by atoms with van der Waals surface area (Å²) >= 11 is 1.71. The highest BCUT2D eigenvalue weighted by Gasteiger charge is 2.30. The van der Waals surface area contributed by atoms with E-state index >= 15 is 0 Å². The number of nitrogens with one attached hydrogen (secondary N) is 1. The second-order valence-electron chi connectivity index (χ2n) is 6.27. The van der Waals surface area contributed by atoms with Gasteiger partial charge in [0.1, 0.15) is 0 Å². The smallest absolute Gasteiger partial charge is 0.192 e. The van der Waals surface area contributed by atoms with E-state index in [0.29, 0.717) is 6.04 Å². The number of pyridine rings is 1. The quantitative estimate of drug-likeness (QED) is 0.542. The van der Waals surface area contributed by atoms with Crippen molar-refractivity contribution in [1.29, 1.82) is 0 Å². The van der Waals surface area contributed by atoms with E-state index in [4.69, 9.17) is 0 Å². The molecule has 124 valence electrons. The summed E-state index contributed by atoms with van der Waals surface area (Å²) in [5, 5.41) is 11.2. The van der Waals surface area contributed by atoms with Crippen LogP contribution in [0.25, 0.3) is 22.3 Å². The van der Waals surface area contributed by atoms with Crippen molar-refractivity contribution in [3.8, 4) is 11.4 Å². The van der Waals surface area contributed by atoms with E-state index in [2.05, 4.69) is 42.9 Å². The van der Waals surface area contributed by atoms with Crippen LogP contribution in [0, 0.1) is 0 Å². The Bertz CT molecular complexity index is 1020. The number of thioether (sulfide) groups is 1. The van der Waals surface area contributed by atoms with Crippen molar-refractivity contribution in [2.45, 2.75) is 29.8 Å². The molecule has 3 heterocycles. The van der Waals surface area contributed by atoms with Crippen molar-refractivity contribution in [1.82, 2.24) is 24.7 Å². The van der Waals surface area contributed by atoms with Crippen LogP contribution in [0.1, 0.15) is 24.6 Å². The summed E-state index contributed by atoms with van der Waals surface area (Å²) in [5.41, 5.74) is 3.32. The van der Waals surface area contributed by atoms with Crippen LogP contribution in [0.5, 0.6) is 0 Å². The van der Waals surface area contributed by atoms with Crippen molar-refractivity contribution in [3.05, 3.63) is 60.6 Å². The molecule has 3 aromatic heterocycles. The Morgan fingerprint density at radius 2 is 1.96 bits per heavy atom. The molecule has 0 spiro atoms. The zero-order valence-electron chi connectivity index (χ0n) is 13.6. The molecule has 0 saturated heterocycles. The molecule has 0 unspecified atom stereocenters. The molecule has 1 aromatic carbocycles. The molecule has 0 atom stereocenters. The number of benzene rings is 1. The highest BCUT2D eigenvalue weighted by molar-refractivity contribution is 7.98. The number of hydrogen-bond acceptors (Lipinski definition) is 4. The molecule has 4 aromatic rings. The molecule has 1 saturated carbocycles. The molecule has 0 aliphatic heterocycles. The molecule has 0 radical (unpaired) electrons. The summed E-state index contributed by atoms with van der Waals surface area (Å²) in [6.07, 6.45) is 6.27. The van der Waals surface area contributed by atoms with Crippen LogP contribution in [0.15, 0.2) is 60.0 Å². The molecular formula is C19H17N5S. The third-order valence-electron chi connectivity index (χ3n) is 4.48. The summed E-state index contributed by atoms with van der Waals surface area (Å²) in [6, 6.07) is 14.9. The summed E-state index contributed by atoms with van der Waals surface area (Å²) in [4.78, 5) is 7.74. The van der Waals surface area contributed by atoms with E-state index < -0.39 is 0 Å². The van der Waals surface area contributed by atoms with E-state index in [1.54, 1.807) is 11.8 Å². The lowest BCUT2D eigenvalue weighted by atomic mass is 10.1. The molecule has 5 rings (SSSR count). The molecule has 1 aliphatic rings. The molecule has 25 heavy (non-hydrogen) atoms. The van der Waals surface area contributed by atoms with Gasteiger partial charge in [-0.2, -0.15) is 0 Å². The molecular weight excluding hydrogens is 330 g/mol. The van der Waals surface area contributed by atoms with Crippen molar-refractivity contribution in [2.24, 2.45) is 0 Å². The normalized spacial score (nSPS) is 14.2. The fourth-order valence-electron chi connectivity index (χ4n) is 3.10. The van der Waals surface area contributed by atoms with Gasteiger partial charge in [0, 0.05) is 40.7 Å². The number of fused-ring (bicyclic) bond motifs is 1. The highest BCUT2D eigenvalue weighted by Crippen LogP contribution is 2.42. The topological polar surface area (TPSA) is 59.4 Å². The van der Waals surface area contributed by atoms with Gasteiger partial charge in [0.25, 0.3) is 0 Å². The lowest BCUT2D eigenvalue weighted by Crippen LogP contribution is -1.99. The summed E-state index contributed by atoms with van der Waals surface area (Å²) in [5.74, 6) is 1.77. The maximum absolute atomic E-state index is 4.53. The molecule has 1 aliphatic carbocycles. The van der Waals surface area contributed by atoms with Crippen molar-refractivity contribution in [2.75, 3.05) is 0 Å². The number of para-hydroxylation sites is 1. The Kier molecular flexibility index (Phi) is 3.56. The summed E-state index contributed by atoms with van der Waals surface area (Å²) in [7, 11) is 0. The second-order valence-corrected chi connectivity index (χ2v) is 7.21. The average Bonchev–Trinajstić information content (AvgIpc) is 3.27. The summed E-state index contributed by atoms with van der Waals surface area (Å²) in [6.45, 7) is 0. The Labute approximate surface area is 149 Å². The van der Waals surface area contributed by atoms with Gasteiger partial charge in [-0.1, -0.05) is 36.0 Å². The standard InChI is InChI=1S/C19H17N5S/c1-2-7-17-15(6-1)16(11-21-17)18-22-23-19(24(18)14-8-9-14)25-12-13-5-3-4-10-20-13/h1-7,10-11,14,21H,8-9,12H2. The predicted octanol–water partition coefficient (Wildman–Crippen LogP) is 4.45. The first-order chi connectivity index (χ1) is 12.4. The van der Waals surface area contributed by atoms with Crippen LogP contribution < -0.4 is 0 Å². The zero-order valence-corrected chi connectivity index (χ0v) is 14.4. The van der Waals surface area contributed by atoms with E-state index in [9.17, 15) is 0 Å². The SMILES string of the molecule is c1ccc(CSc2nnc(-c3c[nH]c4ccccc34)n2C2CC2)nc1. The van der Waals surface area contributed by atoms with Crippen molar-refractivity contribution >= 4 is 22.7 Å². The molecule has 0 bridgehead atoms. The second kappa shape index (κ2) is 6.04. The first kappa shape index (κ1) is 14.7. The van der Waals surface area contributed by atoms with Gasteiger partial charge in [-0.15, -0.1) is 10.2 Å². The van der Waals surface area contributed by atoms with Gasteiger partial charge in [-0.3, -0.25) is 9.55 Å². The molecule has 1 N–H and O–H groups in total. The third-order valence-corrected chi connectivity index (χ3v) is 5.46. The van der Waals surface area contributed by atoms with Crippen LogP contribution >= 0.6 is 11.8 Å². The van der Waals surface area contributed by atoms with E-state index in [1.807, 2.05) is 36.7 Å². The van der Waals surface area contributed by atoms with Gasteiger partial charge in [0.2, 0.25) is 0 Å². The fourth-order valence-corrected chi connectivity index (χ4v) is 4.02. The summed E-state index contributed by atoms with van der Waals surface area (Å²) < 4.78 is 2.31. The van der Waals surface area contributed by atoms with Crippen LogP contribution in [0.3, 0.4) is 0 Å². The number of hydrogen-bond donors (Lipinski definition) is 1. The molecule has 5 nitrogen and oxygen atoms in total. The minimum Gasteiger partial charge on any atom is -0.360 e. The van der Waals surface area contributed by atoms with Gasteiger partial charge in [0.15, 0.2) is 11.0 Å². The number of aromatic nitrogens is 5. The van der Waals surface area contributed by atoms with Crippen LogP contribution in [0.2, 0.25) is 0 Å². The van der Waals surface area contributed by atoms with Gasteiger partial charge in [-0.25, -0.2) is 0 Å². The van der Waals surface area contributed by atoms with Gasteiger partial charge >= 0.3 is 0 Å². The minimum absolute atomic E-state index is 0.518. The van der Waals surface area contributed by atoms with Gasteiger partial charge in [-0.05, 0) is 31.0 Å². The largest absolute Gasteiger partial charge is 0.360 e. The fraction of sp³-hybridized carbons (Fsp3) is 0.211. The van der Waals surface area contributed by atoms with E-state index in [-0.39, 0.29) is 0 Å². The van der Waals surface area contributed by atoms with Crippen LogP contribution in [0.4, 0.5) is 0 Å². The number of nitrogens with zero attached hydrogens (tertiary/aromatic N) is 4. The third kappa shape index (κ3) is 2.72. The Morgan fingerprint density at radius 1 is 1.08 bits per heavy atom. The first-order valence-electron chi connectivity index (χ1n) is 8.44. The molecule has 1 fully saturated rings. The lowest BCUT2D eigenvalue weighted by Gasteiger charge is -2.08. The predicted molar refractivity (Wildman–Crippen MR) is 99.4 cm³/mol. The van der Waals surface area contributed by atoms with Gasteiger partial charge < -0.3 is 4.98 Å². The highest BCUT2D eigenvalue weighted by atomic mass is 32.2. The van der Waals surface area contributed by atoms with Crippen molar-refractivity contribution in [3.63, 3.8) is 0 Å². The maximum Gasteiger partial charge on any atom is 0.192 e. The minimum atomic E-state index is 0.518. The molecule has 0 amide bonds. The number of aromatic amines is 1. The average molecular weight is 347 g/mol. The van der Waals surface area contributed by atoms with Crippen LogP contribution in [-0.2, 0) is 5.75 Å². The zero-order chi connectivity index (χ0) is 16.6. The monoisotopic (exact) mass is 347 g/mol. The van der Waals surface area contributed by atoms with Crippen molar-refractivity contribution < 1.29 is 0 Å². The van der Waals surface area contributed by atoms with Gasteiger partial charge in [0.05, 0.1) is 5.69 Å². The number of rotatable bonds is 5. The lowest BCUT2D eigenvalue weighted by molar-refractivity contribution is 0.669. The number of H-pyrrole nitrogens is 1.